The molecule has 0 aliphatic carbocycles. The smallest absolute Gasteiger partial charge is 0.136 e. The minimum absolute atomic E-state index is 0.0582. The molecule has 2 atom stereocenters. The Kier molecular flexibility index (Phi) is 5.86. The van der Waals surface area contributed by atoms with Gasteiger partial charge in [-0.25, -0.2) is 0 Å². The molecule has 0 aliphatic heterocycles. The number of hydrogen-bond acceptors (Lipinski definition) is 4. The average Bonchev–Trinajstić information content (AvgIpc) is 2.96. The summed E-state index contributed by atoms with van der Waals surface area (Å²) in [5.41, 5.74) is 7.45. The van der Waals surface area contributed by atoms with Crippen molar-refractivity contribution in [3.63, 3.8) is 0 Å². The summed E-state index contributed by atoms with van der Waals surface area (Å²) < 4.78 is 15.4. The Hall–Kier alpha value is -1.34. The van der Waals surface area contributed by atoms with Gasteiger partial charge in [0.25, 0.3) is 0 Å². The molecule has 0 spiro atoms. The molecule has 2 rings (SSSR count). The topological polar surface area (TPSA) is 85.0 Å². The van der Waals surface area contributed by atoms with Crippen LogP contribution in [0.4, 0.5) is 0 Å². The van der Waals surface area contributed by atoms with Crippen molar-refractivity contribution in [1.29, 1.82) is 5.41 Å². The Morgan fingerprint density at radius 1 is 1.35 bits per heavy atom. The average molecular weight is 350 g/mol. The molecule has 6 heteroatoms. The lowest BCUT2D eigenvalue weighted by Gasteiger charge is -2.27. The summed E-state index contributed by atoms with van der Waals surface area (Å²) >= 11 is 0.369. The molecule has 4 N–H and O–H groups in total. The number of nitrogens with one attached hydrogen (secondary N) is 2. The summed E-state index contributed by atoms with van der Waals surface area (Å²) in [4.78, 5) is 1.04. The van der Waals surface area contributed by atoms with E-state index in [-0.39, 0.29) is 16.6 Å². The summed E-state index contributed by atoms with van der Waals surface area (Å²) in [6, 6.07) is 12.0. The van der Waals surface area contributed by atoms with Crippen LogP contribution in [0.1, 0.15) is 42.8 Å². The number of hydrogen-bond donors (Lipinski definition) is 3. The lowest BCUT2D eigenvalue weighted by atomic mass is 10.1. The van der Waals surface area contributed by atoms with Gasteiger partial charge in [0.1, 0.15) is 10.6 Å². The Labute approximate surface area is 144 Å². The van der Waals surface area contributed by atoms with E-state index >= 15 is 0 Å². The maximum absolute atomic E-state index is 12.5. The second-order valence-corrected chi connectivity index (χ2v) is 9.33. The standard InChI is InChI=1S/C17H23N3OS2/c1-17(2,3)23(21)20-14(9-12-7-5-4-6-8-12)15-10-13(11-22-15)16(18)19/h4-8,10-11,14,20H,9H2,1-3H3,(H3,18,19). The molecular weight excluding hydrogens is 326 g/mol. The highest BCUT2D eigenvalue weighted by molar-refractivity contribution is 7.90. The summed E-state index contributed by atoms with van der Waals surface area (Å²) in [5.74, 6) is 0.0582. The van der Waals surface area contributed by atoms with Gasteiger partial charge in [-0.1, -0.05) is 30.3 Å². The van der Waals surface area contributed by atoms with E-state index in [1.54, 1.807) is 11.3 Å². The van der Waals surface area contributed by atoms with E-state index in [9.17, 15) is 4.55 Å². The first-order valence-corrected chi connectivity index (χ1v) is 9.45. The molecule has 2 unspecified atom stereocenters. The minimum Gasteiger partial charge on any atom is -0.598 e. The van der Waals surface area contributed by atoms with Crippen LogP contribution in [0.15, 0.2) is 41.8 Å². The predicted octanol–water partition coefficient (Wildman–Crippen LogP) is 3.37. The molecule has 0 saturated carbocycles. The van der Waals surface area contributed by atoms with Crippen molar-refractivity contribution in [3.8, 4) is 0 Å². The van der Waals surface area contributed by atoms with Gasteiger partial charge in [-0.2, -0.15) is 0 Å². The van der Waals surface area contributed by atoms with Gasteiger partial charge in [-0.15, -0.1) is 16.1 Å². The van der Waals surface area contributed by atoms with Crippen LogP contribution < -0.4 is 10.5 Å². The van der Waals surface area contributed by atoms with E-state index in [0.29, 0.717) is 5.56 Å². The number of nitrogens with two attached hydrogens (primary N) is 1. The van der Waals surface area contributed by atoms with Gasteiger partial charge >= 0.3 is 0 Å². The monoisotopic (exact) mass is 349 g/mol. The van der Waals surface area contributed by atoms with Crippen LogP contribution >= 0.6 is 11.3 Å². The molecule has 0 saturated heterocycles. The van der Waals surface area contributed by atoms with Gasteiger partial charge in [0, 0.05) is 27.2 Å². The molecular formula is C17H23N3OS2. The second-order valence-electron chi connectivity index (χ2n) is 6.39. The second kappa shape index (κ2) is 7.49. The highest BCUT2D eigenvalue weighted by Crippen LogP contribution is 2.28. The summed E-state index contributed by atoms with van der Waals surface area (Å²) in [5, 5.41) is 9.43. The van der Waals surface area contributed by atoms with E-state index < -0.39 is 11.4 Å². The third-order valence-electron chi connectivity index (χ3n) is 3.36. The van der Waals surface area contributed by atoms with Gasteiger partial charge in [0.15, 0.2) is 0 Å². The first-order valence-electron chi connectivity index (χ1n) is 7.42. The molecule has 0 fully saturated rings. The largest absolute Gasteiger partial charge is 0.598 e. The van der Waals surface area contributed by atoms with Crippen LogP contribution in [0.5, 0.6) is 0 Å². The molecule has 0 radical (unpaired) electrons. The fourth-order valence-corrected chi connectivity index (χ4v) is 3.89. The number of rotatable bonds is 6. The predicted molar refractivity (Wildman–Crippen MR) is 99.3 cm³/mol. The number of amidine groups is 1. The first kappa shape index (κ1) is 18.0. The SMILES string of the molecule is CC(C)(C)[S+]([O-])NC(Cc1ccccc1)c1cc(C(=N)N)cs1. The van der Waals surface area contributed by atoms with E-state index in [2.05, 4.69) is 16.9 Å². The lowest BCUT2D eigenvalue weighted by molar-refractivity contribution is 0.524. The number of thiophene rings is 1. The third kappa shape index (κ3) is 5.07. The van der Waals surface area contributed by atoms with Crippen LogP contribution in [-0.4, -0.2) is 15.1 Å². The molecule has 124 valence electrons. The van der Waals surface area contributed by atoms with Crippen molar-refractivity contribution in [1.82, 2.24) is 4.72 Å². The van der Waals surface area contributed by atoms with Crippen LogP contribution in [0, 0.1) is 5.41 Å². The van der Waals surface area contributed by atoms with E-state index in [1.165, 1.54) is 5.56 Å². The maximum Gasteiger partial charge on any atom is 0.136 e. The fraction of sp³-hybridized carbons (Fsp3) is 0.353. The third-order valence-corrected chi connectivity index (χ3v) is 6.02. The molecule has 1 heterocycles. The van der Waals surface area contributed by atoms with Crippen molar-refractivity contribution >= 4 is 28.5 Å². The van der Waals surface area contributed by atoms with Gasteiger partial charge in [-0.3, -0.25) is 5.41 Å². The number of nitrogen functional groups attached to an aromatic ring is 1. The van der Waals surface area contributed by atoms with Gasteiger partial charge in [-0.05, 0) is 38.8 Å². The molecule has 0 amide bonds. The first-order chi connectivity index (χ1) is 10.8. The summed E-state index contributed by atoms with van der Waals surface area (Å²) in [7, 11) is 0. The van der Waals surface area contributed by atoms with Crippen LogP contribution in [0.3, 0.4) is 0 Å². The van der Waals surface area contributed by atoms with Gasteiger partial charge in [0.2, 0.25) is 0 Å². The molecule has 2 aromatic rings. The zero-order valence-electron chi connectivity index (χ0n) is 13.6. The van der Waals surface area contributed by atoms with Crippen LogP contribution in [-0.2, 0) is 17.8 Å². The Morgan fingerprint density at radius 3 is 2.52 bits per heavy atom. The van der Waals surface area contributed by atoms with Crippen LogP contribution in [0.2, 0.25) is 0 Å². The lowest BCUT2D eigenvalue weighted by Crippen LogP contribution is -2.41. The Morgan fingerprint density at radius 2 is 2.00 bits per heavy atom. The fourth-order valence-electron chi connectivity index (χ4n) is 2.03. The van der Waals surface area contributed by atoms with Gasteiger partial charge in [0.05, 0.1) is 6.04 Å². The molecule has 1 aromatic heterocycles. The minimum atomic E-state index is -1.17. The maximum atomic E-state index is 12.5. The quantitative estimate of drug-likeness (QED) is 0.425. The van der Waals surface area contributed by atoms with E-state index in [4.69, 9.17) is 11.1 Å². The number of benzene rings is 1. The Balaban J connectivity index is 2.24. The highest BCUT2D eigenvalue weighted by Gasteiger charge is 2.30. The zero-order valence-corrected chi connectivity index (χ0v) is 15.3. The van der Waals surface area contributed by atoms with Gasteiger partial charge < -0.3 is 10.3 Å². The molecule has 4 nitrogen and oxygen atoms in total. The van der Waals surface area contributed by atoms with Crippen molar-refractivity contribution < 1.29 is 4.55 Å². The Bertz CT molecular complexity index is 649. The molecule has 0 aliphatic rings. The molecule has 0 bridgehead atoms. The molecule has 23 heavy (non-hydrogen) atoms. The van der Waals surface area contributed by atoms with Crippen molar-refractivity contribution in [2.45, 2.75) is 38.0 Å². The van der Waals surface area contributed by atoms with E-state index in [1.807, 2.05) is 50.4 Å². The van der Waals surface area contributed by atoms with E-state index in [0.717, 1.165) is 11.3 Å². The molecule has 1 aromatic carbocycles. The van der Waals surface area contributed by atoms with Crippen molar-refractivity contribution in [2.75, 3.05) is 0 Å². The van der Waals surface area contributed by atoms with Crippen molar-refractivity contribution in [2.24, 2.45) is 5.73 Å². The van der Waals surface area contributed by atoms with Crippen molar-refractivity contribution in [3.05, 3.63) is 57.8 Å². The van der Waals surface area contributed by atoms with Crippen LogP contribution in [0.25, 0.3) is 0 Å². The zero-order chi connectivity index (χ0) is 17.0. The normalized spacial score (nSPS) is 14.4. The highest BCUT2D eigenvalue weighted by atomic mass is 32.2. The summed E-state index contributed by atoms with van der Waals surface area (Å²) in [6.07, 6.45) is 0.737. The summed E-state index contributed by atoms with van der Waals surface area (Å²) in [6.45, 7) is 5.85.